The van der Waals surface area contributed by atoms with Crippen molar-refractivity contribution in [1.82, 2.24) is 0 Å². The number of halogens is 1. The summed E-state index contributed by atoms with van der Waals surface area (Å²) in [5, 5.41) is 0. The normalized spacial score (nSPS) is 11.3. The fourth-order valence-electron chi connectivity index (χ4n) is 1.87. The molecule has 0 aromatic heterocycles. The Morgan fingerprint density at radius 3 is 2.05 bits per heavy atom. The number of benzene rings is 2. The van der Waals surface area contributed by atoms with Gasteiger partial charge in [-0.3, -0.25) is 4.31 Å². The molecule has 0 unspecified atom stereocenters. The fourth-order valence-corrected chi connectivity index (χ4v) is 3.02. The van der Waals surface area contributed by atoms with E-state index in [9.17, 15) is 8.42 Å². The number of anilines is 1. The van der Waals surface area contributed by atoms with E-state index in [1.807, 2.05) is 55.5 Å². The van der Waals surface area contributed by atoms with Crippen LogP contribution in [0.5, 0.6) is 0 Å². The first-order valence-electron chi connectivity index (χ1n) is 6.15. The van der Waals surface area contributed by atoms with E-state index in [0.29, 0.717) is 12.2 Å². The summed E-state index contributed by atoms with van der Waals surface area (Å²) < 4.78 is 26.4. The van der Waals surface area contributed by atoms with Gasteiger partial charge >= 0.3 is 0 Å². The van der Waals surface area contributed by atoms with Crippen LogP contribution < -0.4 is 4.31 Å². The van der Waals surface area contributed by atoms with Gasteiger partial charge in [-0.05, 0) is 36.8 Å². The van der Waals surface area contributed by atoms with Gasteiger partial charge in [-0.25, -0.2) is 8.42 Å². The van der Waals surface area contributed by atoms with Gasteiger partial charge in [0.05, 0.1) is 18.5 Å². The predicted octanol–water partition coefficient (Wildman–Crippen LogP) is 3.72. The zero-order valence-electron chi connectivity index (χ0n) is 11.4. The SMILES string of the molecule is Cc1ccc(N(Cc2ccc(Br)cc2)S(C)(=O)=O)cc1. The molecule has 0 aliphatic carbocycles. The monoisotopic (exact) mass is 353 g/mol. The van der Waals surface area contributed by atoms with E-state index in [4.69, 9.17) is 0 Å². The molecular weight excluding hydrogens is 338 g/mol. The molecule has 0 saturated carbocycles. The zero-order chi connectivity index (χ0) is 14.8. The van der Waals surface area contributed by atoms with Crippen molar-refractivity contribution in [3.8, 4) is 0 Å². The fraction of sp³-hybridized carbons (Fsp3) is 0.200. The third-order valence-corrected chi connectivity index (χ3v) is 4.63. The van der Waals surface area contributed by atoms with Crippen LogP contribution in [-0.4, -0.2) is 14.7 Å². The predicted molar refractivity (Wildman–Crippen MR) is 86.3 cm³/mol. The molecule has 0 aliphatic heterocycles. The molecule has 2 rings (SSSR count). The Bertz CT molecular complexity index is 679. The molecule has 0 heterocycles. The average molecular weight is 354 g/mol. The minimum Gasteiger partial charge on any atom is -0.266 e. The molecule has 2 aromatic rings. The number of sulfonamides is 1. The molecule has 0 fully saturated rings. The standard InChI is InChI=1S/C15H16BrNO2S/c1-12-3-9-15(10-4-12)17(20(2,18)19)11-13-5-7-14(16)8-6-13/h3-10H,11H2,1-2H3. The highest BCUT2D eigenvalue weighted by Gasteiger charge is 2.17. The molecule has 106 valence electrons. The largest absolute Gasteiger partial charge is 0.266 e. The van der Waals surface area contributed by atoms with Crippen molar-refractivity contribution in [1.29, 1.82) is 0 Å². The van der Waals surface area contributed by atoms with E-state index >= 15 is 0 Å². The highest BCUT2D eigenvalue weighted by molar-refractivity contribution is 9.10. The second kappa shape index (κ2) is 5.97. The Morgan fingerprint density at radius 2 is 1.55 bits per heavy atom. The van der Waals surface area contributed by atoms with E-state index in [0.717, 1.165) is 15.6 Å². The van der Waals surface area contributed by atoms with Crippen molar-refractivity contribution in [2.45, 2.75) is 13.5 Å². The summed E-state index contributed by atoms with van der Waals surface area (Å²) in [5.74, 6) is 0. The minimum absolute atomic E-state index is 0.329. The molecule has 0 bridgehead atoms. The summed E-state index contributed by atoms with van der Waals surface area (Å²) in [6, 6.07) is 15.1. The van der Waals surface area contributed by atoms with Crippen molar-refractivity contribution >= 4 is 31.6 Å². The molecule has 0 amide bonds. The van der Waals surface area contributed by atoms with Crippen LogP contribution in [0.15, 0.2) is 53.0 Å². The summed E-state index contributed by atoms with van der Waals surface area (Å²) in [4.78, 5) is 0. The lowest BCUT2D eigenvalue weighted by Crippen LogP contribution is -2.29. The van der Waals surface area contributed by atoms with Crippen LogP contribution in [-0.2, 0) is 16.6 Å². The van der Waals surface area contributed by atoms with Crippen molar-refractivity contribution < 1.29 is 8.42 Å². The van der Waals surface area contributed by atoms with Crippen LogP contribution in [0.3, 0.4) is 0 Å². The maximum atomic E-state index is 12.0. The van der Waals surface area contributed by atoms with E-state index in [1.165, 1.54) is 10.6 Å². The highest BCUT2D eigenvalue weighted by atomic mass is 79.9. The lowest BCUT2D eigenvalue weighted by atomic mass is 10.2. The molecule has 5 heteroatoms. The van der Waals surface area contributed by atoms with Crippen LogP contribution in [0.2, 0.25) is 0 Å². The molecule has 0 N–H and O–H groups in total. The van der Waals surface area contributed by atoms with Gasteiger partial charge in [0.1, 0.15) is 0 Å². The van der Waals surface area contributed by atoms with Gasteiger partial charge in [0, 0.05) is 4.47 Å². The van der Waals surface area contributed by atoms with Gasteiger partial charge in [-0.2, -0.15) is 0 Å². The van der Waals surface area contributed by atoms with Crippen LogP contribution in [0.1, 0.15) is 11.1 Å². The first-order valence-corrected chi connectivity index (χ1v) is 8.79. The third kappa shape index (κ3) is 3.84. The maximum absolute atomic E-state index is 12.0. The lowest BCUT2D eigenvalue weighted by Gasteiger charge is -2.22. The maximum Gasteiger partial charge on any atom is 0.232 e. The van der Waals surface area contributed by atoms with E-state index in [-0.39, 0.29) is 0 Å². The van der Waals surface area contributed by atoms with Crippen molar-refractivity contribution in [3.05, 3.63) is 64.1 Å². The summed E-state index contributed by atoms with van der Waals surface area (Å²) in [6.45, 7) is 2.30. The summed E-state index contributed by atoms with van der Waals surface area (Å²) >= 11 is 3.37. The zero-order valence-corrected chi connectivity index (χ0v) is 13.8. The second-order valence-corrected chi connectivity index (χ2v) is 7.55. The molecule has 0 atom stereocenters. The van der Waals surface area contributed by atoms with Crippen LogP contribution >= 0.6 is 15.9 Å². The smallest absolute Gasteiger partial charge is 0.232 e. The van der Waals surface area contributed by atoms with Gasteiger partial charge in [-0.1, -0.05) is 45.8 Å². The van der Waals surface area contributed by atoms with Gasteiger partial charge in [0.15, 0.2) is 0 Å². The average Bonchev–Trinajstić information content (AvgIpc) is 2.38. The first kappa shape index (κ1) is 15.1. The van der Waals surface area contributed by atoms with E-state index < -0.39 is 10.0 Å². The van der Waals surface area contributed by atoms with Crippen molar-refractivity contribution in [3.63, 3.8) is 0 Å². The Hall–Kier alpha value is -1.33. The Labute approximate surface area is 128 Å². The summed E-state index contributed by atoms with van der Waals surface area (Å²) in [5.41, 5.74) is 2.73. The van der Waals surface area contributed by atoms with Crippen LogP contribution in [0.25, 0.3) is 0 Å². The van der Waals surface area contributed by atoms with E-state index in [2.05, 4.69) is 15.9 Å². The molecule has 0 spiro atoms. The number of hydrogen-bond donors (Lipinski definition) is 0. The number of rotatable bonds is 4. The Kier molecular flexibility index (Phi) is 4.50. The van der Waals surface area contributed by atoms with Crippen molar-refractivity contribution in [2.75, 3.05) is 10.6 Å². The van der Waals surface area contributed by atoms with Gasteiger partial charge in [0.2, 0.25) is 10.0 Å². The van der Waals surface area contributed by atoms with Crippen molar-refractivity contribution in [2.24, 2.45) is 0 Å². The molecule has 0 radical (unpaired) electrons. The molecule has 2 aromatic carbocycles. The summed E-state index contributed by atoms with van der Waals surface area (Å²) in [7, 11) is -3.32. The first-order chi connectivity index (χ1) is 9.36. The van der Waals surface area contributed by atoms with E-state index in [1.54, 1.807) is 0 Å². The summed E-state index contributed by atoms with van der Waals surface area (Å²) in [6.07, 6.45) is 1.23. The Morgan fingerprint density at radius 1 is 1.00 bits per heavy atom. The quantitative estimate of drug-likeness (QED) is 0.839. The molecule has 0 saturated heterocycles. The topological polar surface area (TPSA) is 37.4 Å². The lowest BCUT2D eigenvalue weighted by molar-refractivity contribution is 0.596. The number of aryl methyl sites for hydroxylation is 1. The van der Waals surface area contributed by atoms with Gasteiger partial charge < -0.3 is 0 Å². The van der Waals surface area contributed by atoms with Gasteiger partial charge in [-0.15, -0.1) is 0 Å². The molecule has 0 aliphatic rings. The molecule has 3 nitrogen and oxygen atoms in total. The van der Waals surface area contributed by atoms with Crippen LogP contribution in [0.4, 0.5) is 5.69 Å². The highest BCUT2D eigenvalue weighted by Crippen LogP contribution is 2.21. The third-order valence-electron chi connectivity index (χ3n) is 2.96. The second-order valence-electron chi connectivity index (χ2n) is 4.73. The molecule has 20 heavy (non-hydrogen) atoms. The Balaban J connectivity index is 2.34. The van der Waals surface area contributed by atoms with Crippen LogP contribution in [0, 0.1) is 6.92 Å². The minimum atomic E-state index is -3.32. The molecular formula is C15H16BrNO2S. The number of hydrogen-bond acceptors (Lipinski definition) is 2. The van der Waals surface area contributed by atoms with Gasteiger partial charge in [0.25, 0.3) is 0 Å². The number of nitrogens with zero attached hydrogens (tertiary/aromatic N) is 1.